The van der Waals surface area contributed by atoms with Crippen molar-refractivity contribution < 1.29 is 23.9 Å². The number of carbonyl (C=O) groups excluding carboxylic acids is 3. The molecule has 0 unspecified atom stereocenters. The quantitative estimate of drug-likeness (QED) is 0.262. The zero-order valence-corrected chi connectivity index (χ0v) is 21.2. The van der Waals surface area contributed by atoms with E-state index in [9.17, 15) is 14.4 Å². The summed E-state index contributed by atoms with van der Waals surface area (Å²) in [5.74, 6) is -1.02. The number of ether oxygens (including phenoxy) is 2. The third-order valence-corrected chi connectivity index (χ3v) is 5.76. The minimum Gasteiger partial charge on any atom is -0.466 e. The molecule has 12 heteroatoms. The molecular weight excluding hydrogens is 478 g/mol. The predicted molar refractivity (Wildman–Crippen MR) is 140 cm³/mol. The normalized spacial score (nSPS) is 11.6. The van der Waals surface area contributed by atoms with Crippen LogP contribution in [0.15, 0.2) is 30.5 Å². The summed E-state index contributed by atoms with van der Waals surface area (Å²) < 4.78 is 9.95. The van der Waals surface area contributed by atoms with Crippen LogP contribution in [0.3, 0.4) is 0 Å². The van der Waals surface area contributed by atoms with Crippen LogP contribution < -0.4 is 21.7 Å². The fourth-order valence-corrected chi connectivity index (χ4v) is 3.86. The number of hydrogen-bond acceptors (Lipinski definition) is 10. The van der Waals surface area contributed by atoms with Crippen molar-refractivity contribution in [3.05, 3.63) is 41.6 Å². The number of amides is 1. The lowest BCUT2D eigenvalue weighted by Gasteiger charge is -2.20. The minimum absolute atomic E-state index is 0.0110. The van der Waals surface area contributed by atoms with Crippen LogP contribution >= 0.6 is 0 Å². The van der Waals surface area contributed by atoms with Crippen molar-refractivity contribution in [3.8, 4) is 0 Å². The maximum absolute atomic E-state index is 12.8. The second kappa shape index (κ2) is 12.6. The molecule has 0 aliphatic heterocycles. The molecule has 198 valence electrons. The molecule has 0 saturated carbocycles. The van der Waals surface area contributed by atoms with Gasteiger partial charge in [-0.3, -0.25) is 9.59 Å². The number of hydrogen-bond donors (Lipinski definition) is 4. The van der Waals surface area contributed by atoms with Crippen LogP contribution in [-0.4, -0.2) is 65.6 Å². The summed E-state index contributed by atoms with van der Waals surface area (Å²) >= 11 is 0. The molecule has 3 aromatic rings. The highest BCUT2D eigenvalue weighted by Gasteiger charge is 2.24. The van der Waals surface area contributed by atoms with E-state index in [2.05, 4.69) is 20.3 Å². The van der Waals surface area contributed by atoms with Crippen molar-refractivity contribution in [1.82, 2.24) is 20.3 Å². The molecule has 0 saturated heterocycles. The Kier molecular flexibility index (Phi) is 9.25. The van der Waals surface area contributed by atoms with Gasteiger partial charge in [-0.2, -0.15) is 9.97 Å². The predicted octanol–water partition coefficient (Wildman–Crippen LogP) is 1.81. The highest BCUT2D eigenvalue weighted by atomic mass is 16.5. The summed E-state index contributed by atoms with van der Waals surface area (Å²) in [6.45, 7) is 4.45. The van der Waals surface area contributed by atoms with E-state index < -0.39 is 23.9 Å². The summed E-state index contributed by atoms with van der Waals surface area (Å²) in [5, 5.41) is 3.42. The van der Waals surface area contributed by atoms with Gasteiger partial charge in [-0.25, -0.2) is 4.79 Å². The fourth-order valence-electron chi connectivity index (χ4n) is 3.86. The van der Waals surface area contributed by atoms with Crippen molar-refractivity contribution in [2.45, 2.75) is 39.2 Å². The van der Waals surface area contributed by atoms with E-state index in [-0.39, 0.29) is 32.0 Å². The minimum atomic E-state index is -0.956. The molecule has 12 nitrogen and oxygen atoms in total. The lowest BCUT2D eigenvalue weighted by Crippen LogP contribution is -2.42. The number of rotatable bonds is 12. The van der Waals surface area contributed by atoms with Gasteiger partial charge in [-0.05, 0) is 56.5 Å². The second-order valence-electron chi connectivity index (χ2n) is 8.34. The van der Waals surface area contributed by atoms with Crippen LogP contribution in [0.25, 0.3) is 11.0 Å². The molecule has 0 aliphatic rings. The Bertz CT molecular complexity index is 1240. The molecule has 3 rings (SSSR count). The molecule has 2 heterocycles. The number of benzene rings is 1. The highest BCUT2D eigenvalue weighted by molar-refractivity contribution is 5.97. The molecule has 0 radical (unpaired) electrons. The van der Waals surface area contributed by atoms with Gasteiger partial charge in [0, 0.05) is 37.5 Å². The summed E-state index contributed by atoms with van der Waals surface area (Å²) in [6, 6.07) is 6.03. The molecule has 1 amide bonds. The maximum atomic E-state index is 12.8. The Morgan fingerprint density at radius 2 is 1.78 bits per heavy atom. The lowest BCUT2D eigenvalue weighted by atomic mass is 10.1. The van der Waals surface area contributed by atoms with Crippen LogP contribution in [-0.2, 0) is 25.5 Å². The average molecular weight is 512 g/mol. The second-order valence-corrected chi connectivity index (χ2v) is 8.34. The summed E-state index contributed by atoms with van der Waals surface area (Å²) in [4.78, 5) is 50.1. The number of likely N-dealkylation sites (N-methyl/N-ethyl adjacent to an activating group) is 1. The number of nitrogens with one attached hydrogen (secondary N) is 2. The molecule has 6 N–H and O–H groups in total. The Balaban J connectivity index is 1.61. The number of fused-ring (bicyclic) bond motifs is 1. The third-order valence-electron chi connectivity index (χ3n) is 5.76. The molecule has 0 fully saturated rings. The van der Waals surface area contributed by atoms with E-state index in [0.717, 1.165) is 16.6 Å². The first-order chi connectivity index (χ1) is 17.7. The zero-order chi connectivity index (χ0) is 26.9. The molecular formula is C25H33N7O5. The van der Waals surface area contributed by atoms with E-state index in [1.165, 1.54) is 0 Å². The van der Waals surface area contributed by atoms with Gasteiger partial charge >= 0.3 is 11.9 Å². The number of aromatic nitrogens is 3. The van der Waals surface area contributed by atoms with Crippen LogP contribution in [0.2, 0.25) is 0 Å². The van der Waals surface area contributed by atoms with Gasteiger partial charge in [0.15, 0.2) is 0 Å². The van der Waals surface area contributed by atoms with Gasteiger partial charge in [0.1, 0.15) is 17.5 Å². The zero-order valence-electron chi connectivity index (χ0n) is 21.2. The van der Waals surface area contributed by atoms with Crippen LogP contribution in [0.4, 0.5) is 17.5 Å². The number of carbonyl (C=O) groups is 3. The van der Waals surface area contributed by atoms with E-state index in [1.807, 2.05) is 30.3 Å². The standard InChI is InChI=1S/C25H33N7O5/c1-4-36-19(33)11-10-18(24(35)37-5-2)29-23(34)15-6-8-17(9-7-15)32(3)13-12-16-14-28-22-20(16)21(26)30-25(27)31-22/h6-9,14,18H,4-5,10-13H2,1-3H3,(H,29,34)(H5,26,27,28,30,31)/t18-/m0/s1. The number of nitrogens with two attached hydrogens (primary N) is 2. The number of nitrogen functional groups attached to an aromatic ring is 2. The Labute approximate surface area is 214 Å². The van der Waals surface area contributed by atoms with Crippen molar-refractivity contribution >= 4 is 46.3 Å². The van der Waals surface area contributed by atoms with E-state index in [1.54, 1.807) is 26.0 Å². The summed E-state index contributed by atoms with van der Waals surface area (Å²) in [7, 11) is 1.94. The molecule has 1 aromatic carbocycles. The number of nitrogens with zero attached hydrogens (tertiary/aromatic N) is 3. The molecule has 1 atom stereocenters. The third kappa shape index (κ3) is 7.09. The molecule has 0 aliphatic carbocycles. The topological polar surface area (TPSA) is 179 Å². The number of aromatic amines is 1. The van der Waals surface area contributed by atoms with Gasteiger partial charge in [0.05, 0.1) is 18.6 Å². The Hall–Kier alpha value is -4.35. The Morgan fingerprint density at radius 1 is 1.08 bits per heavy atom. The van der Waals surface area contributed by atoms with Crippen LogP contribution in [0.1, 0.15) is 42.6 Å². The smallest absolute Gasteiger partial charge is 0.328 e. The van der Waals surface area contributed by atoms with Crippen LogP contribution in [0, 0.1) is 0 Å². The largest absolute Gasteiger partial charge is 0.466 e. The first kappa shape index (κ1) is 27.2. The molecule has 0 spiro atoms. The first-order valence-corrected chi connectivity index (χ1v) is 12.1. The van der Waals surface area contributed by atoms with Crippen LogP contribution in [0.5, 0.6) is 0 Å². The van der Waals surface area contributed by atoms with Crippen molar-refractivity contribution in [2.75, 3.05) is 43.2 Å². The number of anilines is 3. The fraction of sp³-hybridized carbons (Fsp3) is 0.400. The average Bonchev–Trinajstić information content (AvgIpc) is 3.28. The molecule has 0 bridgehead atoms. The number of esters is 2. The SMILES string of the molecule is CCOC(=O)CC[C@H](NC(=O)c1ccc(N(C)CCc2c[nH]c3nc(N)nc(N)c23)cc1)C(=O)OCC. The van der Waals surface area contributed by atoms with Gasteiger partial charge in [0.25, 0.3) is 5.91 Å². The molecule has 2 aromatic heterocycles. The van der Waals surface area contributed by atoms with Crippen molar-refractivity contribution in [1.29, 1.82) is 0 Å². The number of H-pyrrole nitrogens is 1. The van der Waals surface area contributed by atoms with E-state index in [0.29, 0.717) is 30.0 Å². The first-order valence-electron chi connectivity index (χ1n) is 12.1. The maximum Gasteiger partial charge on any atom is 0.328 e. The van der Waals surface area contributed by atoms with Gasteiger partial charge < -0.3 is 36.1 Å². The monoisotopic (exact) mass is 511 g/mol. The van der Waals surface area contributed by atoms with Crippen molar-refractivity contribution in [2.24, 2.45) is 0 Å². The van der Waals surface area contributed by atoms with Gasteiger partial charge in [-0.1, -0.05) is 0 Å². The summed E-state index contributed by atoms with van der Waals surface area (Å²) in [6.07, 6.45) is 2.60. The molecule has 37 heavy (non-hydrogen) atoms. The highest BCUT2D eigenvalue weighted by Crippen LogP contribution is 2.24. The Morgan fingerprint density at radius 3 is 2.46 bits per heavy atom. The summed E-state index contributed by atoms with van der Waals surface area (Å²) in [5.41, 5.74) is 14.5. The van der Waals surface area contributed by atoms with E-state index >= 15 is 0 Å². The lowest BCUT2D eigenvalue weighted by molar-refractivity contribution is -0.146. The van der Waals surface area contributed by atoms with E-state index in [4.69, 9.17) is 20.9 Å². The van der Waals surface area contributed by atoms with Crippen molar-refractivity contribution in [3.63, 3.8) is 0 Å². The van der Waals surface area contributed by atoms with Gasteiger partial charge in [0.2, 0.25) is 5.95 Å². The van der Waals surface area contributed by atoms with Gasteiger partial charge in [-0.15, -0.1) is 0 Å².